The molecule has 0 aromatic rings. The summed E-state index contributed by atoms with van der Waals surface area (Å²) in [5.41, 5.74) is 0. The molecule has 0 bridgehead atoms. The van der Waals surface area contributed by atoms with Crippen LogP contribution in [0.5, 0.6) is 0 Å². The average molecular weight is 164 g/mol. The van der Waals surface area contributed by atoms with Crippen molar-refractivity contribution in [2.45, 2.75) is 39.5 Å². The molecule has 2 atom stereocenters. The van der Waals surface area contributed by atoms with Crippen LogP contribution < -0.4 is 0 Å². The van der Waals surface area contributed by atoms with Gasteiger partial charge in [-0.1, -0.05) is 20.3 Å². The zero-order valence-electron chi connectivity index (χ0n) is 7.88. The minimum Gasteiger partial charge on any atom is -0.198 e. The van der Waals surface area contributed by atoms with Crippen LogP contribution in [0.4, 0.5) is 0 Å². The Kier molecular flexibility index (Phi) is 6.11. The van der Waals surface area contributed by atoms with E-state index in [4.69, 9.17) is 10.5 Å². The van der Waals surface area contributed by atoms with E-state index < -0.39 is 0 Å². The average Bonchev–Trinajstić information content (AvgIpc) is 2.12. The lowest BCUT2D eigenvalue weighted by molar-refractivity contribution is 0.460. The van der Waals surface area contributed by atoms with Crippen molar-refractivity contribution in [3.05, 3.63) is 0 Å². The number of rotatable bonds is 5. The van der Waals surface area contributed by atoms with E-state index in [-0.39, 0.29) is 11.8 Å². The van der Waals surface area contributed by atoms with Gasteiger partial charge < -0.3 is 0 Å². The molecule has 0 aliphatic carbocycles. The molecular weight excluding hydrogens is 148 g/mol. The molecule has 0 amide bonds. The Balaban J connectivity index is 3.86. The first-order valence-electron chi connectivity index (χ1n) is 4.57. The highest BCUT2D eigenvalue weighted by Crippen LogP contribution is 2.18. The highest BCUT2D eigenvalue weighted by Gasteiger charge is 2.12. The van der Waals surface area contributed by atoms with Crippen LogP contribution in [0.25, 0.3) is 0 Å². The number of nitrogens with zero attached hydrogens (tertiary/aromatic N) is 2. The van der Waals surface area contributed by atoms with Gasteiger partial charge in [0.1, 0.15) is 0 Å². The van der Waals surface area contributed by atoms with Gasteiger partial charge in [-0.25, -0.2) is 0 Å². The van der Waals surface area contributed by atoms with E-state index in [0.717, 1.165) is 25.7 Å². The second-order valence-electron chi connectivity index (χ2n) is 3.08. The zero-order chi connectivity index (χ0) is 9.40. The largest absolute Gasteiger partial charge is 0.198 e. The molecule has 0 saturated heterocycles. The summed E-state index contributed by atoms with van der Waals surface area (Å²) < 4.78 is 0. The van der Waals surface area contributed by atoms with Crippen molar-refractivity contribution in [3.63, 3.8) is 0 Å². The van der Waals surface area contributed by atoms with Gasteiger partial charge in [0.15, 0.2) is 0 Å². The van der Waals surface area contributed by atoms with E-state index in [1.807, 2.05) is 6.92 Å². The summed E-state index contributed by atoms with van der Waals surface area (Å²) in [4.78, 5) is 0. The van der Waals surface area contributed by atoms with Gasteiger partial charge in [0.2, 0.25) is 0 Å². The zero-order valence-corrected chi connectivity index (χ0v) is 7.88. The van der Waals surface area contributed by atoms with Gasteiger partial charge in [0, 0.05) is 11.8 Å². The molecule has 0 aliphatic rings. The fourth-order valence-electron chi connectivity index (χ4n) is 1.24. The Morgan fingerprint density at radius 2 is 1.67 bits per heavy atom. The smallest absolute Gasteiger partial charge is 0.0656 e. The van der Waals surface area contributed by atoms with Gasteiger partial charge in [0.05, 0.1) is 12.1 Å². The fraction of sp³-hybridized carbons (Fsp3) is 0.800. The second-order valence-corrected chi connectivity index (χ2v) is 3.08. The molecule has 0 aromatic carbocycles. The molecular formula is C10H16N2. The lowest BCUT2D eigenvalue weighted by Crippen LogP contribution is -2.04. The third-order valence-electron chi connectivity index (χ3n) is 2.06. The molecule has 2 unspecified atom stereocenters. The van der Waals surface area contributed by atoms with Crippen molar-refractivity contribution in [1.82, 2.24) is 0 Å². The van der Waals surface area contributed by atoms with Crippen LogP contribution >= 0.6 is 0 Å². The van der Waals surface area contributed by atoms with Crippen LogP contribution in [0.3, 0.4) is 0 Å². The Labute approximate surface area is 74.8 Å². The van der Waals surface area contributed by atoms with Crippen LogP contribution in [0, 0.1) is 34.5 Å². The van der Waals surface area contributed by atoms with E-state index >= 15 is 0 Å². The normalized spacial score (nSPS) is 14.3. The lowest BCUT2D eigenvalue weighted by atomic mass is 9.92. The molecule has 0 radical (unpaired) electrons. The van der Waals surface area contributed by atoms with Crippen molar-refractivity contribution < 1.29 is 0 Å². The maximum atomic E-state index is 8.74. The van der Waals surface area contributed by atoms with Crippen molar-refractivity contribution >= 4 is 0 Å². The molecule has 0 aromatic heterocycles. The molecule has 2 heteroatoms. The maximum absolute atomic E-state index is 8.74. The van der Waals surface area contributed by atoms with Crippen molar-refractivity contribution in [3.8, 4) is 12.1 Å². The van der Waals surface area contributed by atoms with Crippen LogP contribution in [0.2, 0.25) is 0 Å². The Morgan fingerprint density at radius 1 is 1.08 bits per heavy atom. The molecule has 0 N–H and O–H groups in total. The van der Waals surface area contributed by atoms with Gasteiger partial charge >= 0.3 is 0 Å². The van der Waals surface area contributed by atoms with E-state index in [2.05, 4.69) is 19.1 Å². The molecule has 0 saturated carbocycles. The molecule has 0 fully saturated rings. The monoisotopic (exact) mass is 164 g/mol. The summed E-state index contributed by atoms with van der Waals surface area (Å²) in [7, 11) is 0. The van der Waals surface area contributed by atoms with E-state index in [1.54, 1.807) is 0 Å². The molecule has 0 aliphatic heterocycles. The summed E-state index contributed by atoms with van der Waals surface area (Å²) in [5, 5.41) is 17.4. The van der Waals surface area contributed by atoms with Crippen LogP contribution in [-0.4, -0.2) is 0 Å². The standard InChI is InChI=1S/C10H16N2/c1-3-5-10(8-12)6-9(4-2)7-11/h9-10H,3-6H2,1-2H3. The maximum Gasteiger partial charge on any atom is 0.0656 e. The second kappa shape index (κ2) is 6.68. The fourth-order valence-corrected chi connectivity index (χ4v) is 1.24. The van der Waals surface area contributed by atoms with Gasteiger partial charge in [-0.3, -0.25) is 0 Å². The minimum absolute atomic E-state index is 0.0706. The van der Waals surface area contributed by atoms with Crippen LogP contribution in [0.15, 0.2) is 0 Å². The molecule has 0 heterocycles. The Hall–Kier alpha value is -1.02. The first-order valence-corrected chi connectivity index (χ1v) is 4.57. The predicted molar refractivity (Wildman–Crippen MR) is 48.0 cm³/mol. The van der Waals surface area contributed by atoms with Crippen LogP contribution in [-0.2, 0) is 0 Å². The molecule has 2 nitrogen and oxygen atoms in total. The van der Waals surface area contributed by atoms with E-state index in [0.29, 0.717) is 0 Å². The molecule has 12 heavy (non-hydrogen) atoms. The third kappa shape index (κ3) is 3.98. The van der Waals surface area contributed by atoms with Crippen molar-refractivity contribution in [2.75, 3.05) is 0 Å². The number of nitriles is 2. The highest BCUT2D eigenvalue weighted by molar-refractivity contribution is 4.90. The van der Waals surface area contributed by atoms with Crippen molar-refractivity contribution in [2.24, 2.45) is 11.8 Å². The number of hydrogen-bond acceptors (Lipinski definition) is 2. The minimum atomic E-state index is 0.0706. The summed E-state index contributed by atoms with van der Waals surface area (Å²) in [6.07, 6.45) is 3.56. The van der Waals surface area contributed by atoms with Gasteiger partial charge in [-0.2, -0.15) is 10.5 Å². The first-order chi connectivity index (χ1) is 5.78. The summed E-state index contributed by atoms with van der Waals surface area (Å²) in [6, 6.07) is 4.47. The van der Waals surface area contributed by atoms with Crippen LogP contribution in [0.1, 0.15) is 39.5 Å². The Morgan fingerprint density at radius 3 is 2.00 bits per heavy atom. The summed E-state index contributed by atoms with van der Waals surface area (Å²) in [6.45, 7) is 4.06. The SMILES string of the molecule is CCCC(C#N)CC(C#N)CC. The van der Waals surface area contributed by atoms with E-state index in [9.17, 15) is 0 Å². The topological polar surface area (TPSA) is 47.6 Å². The third-order valence-corrected chi connectivity index (χ3v) is 2.06. The molecule has 66 valence electrons. The predicted octanol–water partition coefficient (Wildman–Crippen LogP) is 2.87. The van der Waals surface area contributed by atoms with Gasteiger partial charge in [-0.05, 0) is 19.3 Å². The number of hydrogen-bond donors (Lipinski definition) is 0. The molecule has 0 rings (SSSR count). The van der Waals surface area contributed by atoms with Gasteiger partial charge in [-0.15, -0.1) is 0 Å². The highest BCUT2D eigenvalue weighted by atomic mass is 14.3. The lowest BCUT2D eigenvalue weighted by Gasteiger charge is -2.09. The Bertz CT molecular complexity index is 185. The molecule has 0 spiro atoms. The summed E-state index contributed by atoms with van der Waals surface area (Å²) in [5.74, 6) is 0.154. The van der Waals surface area contributed by atoms with Gasteiger partial charge in [0.25, 0.3) is 0 Å². The summed E-state index contributed by atoms with van der Waals surface area (Å²) >= 11 is 0. The quantitative estimate of drug-likeness (QED) is 0.627. The first kappa shape index (κ1) is 11.0. The van der Waals surface area contributed by atoms with Crippen molar-refractivity contribution in [1.29, 1.82) is 10.5 Å². The van der Waals surface area contributed by atoms with E-state index in [1.165, 1.54) is 0 Å².